The predicted octanol–water partition coefficient (Wildman–Crippen LogP) is 3.28. The minimum absolute atomic E-state index is 0.0846. The van der Waals surface area contributed by atoms with E-state index in [1.165, 1.54) is 0 Å². The zero-order chi connectivity index (χ0) is 18.9. The summed E-state index contributed by atoms with van der Waals surface area (Å²) in [5.41, 5.74) is 2.42. The van der Waals surface area contributed by atoms with Gasteiger partial charge in [0.15, 0.2) is 0 Å². The molecule has 0 aliphatic heterocycles. The summed E-state index contributed by atoms with van der Waals surface area (Å²) in [4.78, 5) is 23.7. The second kappa shape index (κ2) is 9.73. The average molecular weight is 355 g/mol. The Morgan fingerprint density at radius 3 is 2.23 bits per heavy atom. The van der Waals surface area contributed by atoms with Crippen molar-refractivity contribution in [3.63, 3.8) is 0 Å². The maximum Gasteiger partial charge on any atom is 0.308 e. The van der Waals surface area contributed by atoms with Crippen molar-refractivity contribution in [1.29, 1.82) is 0 Å². The van der Waals surface area contributed by atoms with E-state index >= 15 is 0 Å². The highest BCUT2D eigenvalue weighted by molar-refractivity contribution is 5.94. The third-order valence-corrected chi connectivity index (χ3v) is 3.98. The summed E-state index contributed by atoms with van der Waals surface area (Å²) in [6.45, 7) is 4.52. The Labute approximate surface area is 154 Å². The highest BCUT2D eigenvalue weighted by Crippen LogP contribution is 2.10. The molecule has 1 unspecified atom stereocenters. The van der Waals surface area contributed by atoms with Gasteiger partial charge in [0.25, 0.3) is 5.91 Å². The monoisotopic (exact) mass is 355 g/mol. The number of benzene rings is 2. The van der Waals surface area contributed by atoms with Crippen LogP contribution in [0.2, 0.25) is 0 Å². The maximum atomic E-state index is 12.3. The van der Waals surface area contributed by atoms with E-state index in [2.05, 4.69) is 5.32 Å². The molecule has 2 aromatic rings. The van der Waals surface area contributed by atoms with Crippen molar-refractivity contribution in [3.8, 4) is 0 Å². The van der Waals surface area contributed by atoms with Gasteiger partial charge in [-0.2, -0.15) is 0 Å². The molecule has 0 bridgehead atoms. The van der Waals surface area contributed by atoms with Crippen molar-refractivity contribution in [1.82, 2.24) is 5.32 Å². The van der Waals surface area contributed by atoms with Crippen LogP contribution in [0.5, 0.6) is 0 Å². The molecule has 26 heavy (non-hydrogen) atoms. The molecule has 0 radical (unpaired) electrons. The summed E-state index contributed by atoms with van der Waals surface area (Å²) in [5.74, 6) is -1.86. The first kappa shape index (κ1) is 19.7. The van der Waals surface area contributed by atoms with Gasteiger partial charge in [0.2, 0.25) is 0 Å². The van der Waals surface area contributed by atoms with Crippen LogP contribution >= 0.6 is 0 Å². The van der Waals surface area contributed by atoms with Crippen LogP contribution < -0.4 is 5.32 Å². The van der Waals surface area contributed by atoms with Gasteiger partial charge in [-0.3, -0.25) is 9.59 Å². The van der Waals surface area contributed by atoms with E-state index in [0.717, 1.165) is 11.1 Å². The van der Waals surface area contributed by atoms with E-state index in [4.69, 9.17) is 4.74 Å². The van der Waals surface area contributed by atoms with E-state index in [0.29, 0.717) is 18.6 Å². The maximum absolute atomic E-state index is 12.3. The number of aliphatic carboxylic acids is 1. The third kappa shape index (κ3) is 6.33. The first-order valence-electron chi connectivity index (χ1n) is 8.71. The first-order valence-corrected chi connectivity index (χ1v) is 8.71. The van der Waals surface area contributed by atoms with Gasteiger partial charge in [-0.05, 0) is 43.5 Å². The highest BCUT2D eigenvalue weighted by atomic mass is 16.5. The normalized spacial score (nSPS) is 12.0. The summed E-state index contributed by atoms with van der Waals surface area (Å²) in [6, 6.07) is 16.5. The molecule has 0 aliphatic rings. The topological polar surface area (TPSA) is 75.6 Å². The SMILES string of the molecule is CC(C)OCc1ccc(C(=O)NCC(Cc2ccccc2)C(=O)O)cc1. The van der Waals surface area contributed by atoms with Crippen molar-refractivity contribution in [2.75, 3.05) is 6.54 Å². The largest absolute Gasteiger partial charge is 0.481 e. The molecule has 2 aromatic carbocycles. The molecule has 1 amide bonds. The minimum Gasteiger partial charge on any atom is -0.481 e. The Hall–Kier alpha value is -2.66. The molecule has 1 atom stereocenters. The van der Waals surface area contributed by atoms with Crippen LogP contribution in [0.15, 0.2) is 54.6 Å². The summed E-state index contributed by atoms with van der Waals surface area (Å²) in [7, 11) is 0. The lowest BCUT2D eigenvalue weighted by atomic mass is 9.99. The number of carboxylic acid groups (broad SMARTS) is 1. The molecule has 0 saturated heterocycles. The van der Waals surface area contributed by atoms with Crippen LogP contribution in [0, 0.1) is 5.92 Å². The van der Waals surface area contributed by atoms with Crippen LogP contribution in [0.25, 0.3) is 0 Å². The number of amides is 1. The van der Waals surface area contributed by atoms with Crippen LogP contribution in [-0.2, 0) is 22.6 Å². The Bertz CT molecular complexity index is 711. The quantitative estimate of drug-likeness (QED) is 0.724. The second-order valence-corrected chi connectivity index (χ2v) is 6.49. The number of carboxylic acids is 1. The van der Waals surface area contributed by atoms with Crippen molar-refractivity contribution in [2.24, 2.45) is 5.92 Å². The summed E-state index contributed by atoms with van der Waals surface area (Å²) >= 11 is 0. The Balaban J connectivity index is 1.90. The van der Waals surface area contributed by atoms with Gasteiger partial charge in [-0.15, -0.1) is 0 Å². The molecule has 0 heterocycles. The lowest BCUT2D eigenvalue weighted by molar-refractivity contribution is -0.141. The molecule has 0 spiro atoms. The first-order chi connectivity index (χ1) is 12.5. The molecule has 138 valence electrons. The summed E-state index contributed by atoms with van der Waals surface area (Å²) < 4.78 is 5.52. The molecule has 2 N–H and O–H groups in total. The number of ether oxygens (including phenoxy) is 1. The summed E-state index contributed by atoms with van der Waals surface area (Å²) in [5, 5.41) is 12.1. The fourth-order valence-electron chi connectivity index (χ4n) is 2.48. The van der Waals surface area contributed by atoms with Crippen molar-refractivity contribution in [3.05, 3.63) is 71.3 Å². The van der Waals surface area contributed by atoms with Crippen molar-refractivity contribution < 1.29 is 19.4 Å². The standard InChI is InChI=1S/C21H25NO4/c1-15(2)26-14-17-8-10-18(11-9-17)20(23)22-13-19(21(24)25)12-16-6-4-3-5-7-16/h3-11,15,19H,12-14H2,1-2H3,(H,22,23)(H,24,25). The van der Waals surface area contributed by atoms with E-state index in [1.807, 2.05) is 56.3 Å². The van der Waals surface area contributed by atoms with E-state index in [9.17, 15) is 14.7 Å². The van der Waals surface area contributed by atoms with E-state index < -0.39 is 11.9 Å². The molecule has 5 nitrogen and oxygen atoms in total. The second-order valence-electron chi connectivity index (χ2n) is 6.49. The van der Waals surface area contributed by atoms with Crippen molar-refractivity contribution >= 4 is 11.9 Å². The number of rotatable bonds is 9. The Morgan fingerprint density at radius 1 is 1.00 bits per heavy atom. The number of carbonyl (C=O) groups excluding carboxylic acids is 1. The zero-order valence-corrected chi connectivity index (χ0v) is 15.1. The molecule has 0 aromatic heterocycles. The van der Waals surface area contributed by atoms with Gasteiger partial charge in [0, 0.05) is 12.1 Å². The zero-order valence-electron chi connectivity index (χ0n) is 15.1. The molecular formula is C21H25NO4. The Kier molecular flexibility index (Phi) is 7.36. The Morgan fingerprint density at radius 2 is 1.65 bits per heavy atom. The fraction of sp³-hybridized carbons (Fsp3) is 0.333. The predicted molar refractivity (Wildman–Crippen MR) is 100.0 cm³/mol. The lowest BCUT2D eigenvalue weighted by Gasteiger charge is -2.14. The average Bonchev–Trinajstić information content (AvgIpc) is 2.64. The van der Waals surface area contributed by atoms with Crippen LogP contribution in [0.4, 0.5) is 0 Å². The third-order valence-electron chi connectivity index (χ3n) is 3.98. The van der Waals surface area contributed by atoms with Gasteiger partial charge in [-0.25, -0.2) is 0 Å². The van der Waals surface area contributed by atoms with E-state index in [-0.39, 0.29) is 18.6 Å². The number of carbonyl (C=O) groups is 2. The summed E-state index contributed by atoms with van der Waals surface area (Å²) in [6.07, 6.45) is 0.526. The molecule has 0 aliphatic carbocycles. The fourth-order valence-corrected chi connectivity index (χ4v) is 2.48. The number of nitrogens with one attached hydrogen (secondary N) is 1. The van der Waals surface area contributed by atoms with Gasteiger partial charge < -0.3 is 15.2 Å². The van der Waals surface area contributed by atoms with Gasteiger partial charge in [0.05, 0.1) is 18.6 Å². The van der Waals surface area contributed by atoms with E-state index in [1.54, 1.807) is 12.1 Å². The molecule has 0 fully saturated rings. The number of hydrogen-bond acceptors (Lipinski definition) is 3. The minimum atomic E-state index is -0.921. The van der Waals surface area contributed by atoms with Gasteiger partial charge in [-0.1, -0.05) is 42.5 Å². The van der Waals surface area contributed by atoms with Crippen LogP contribution in [0.1, 0.15) is 35.3 Å². The van der Waals surface area contributed by atoms with Crippen LogP contribution in [0.3, 0.4) is 0 Å². The lowest BCUT2D eigenvalue weighted by Crippen LogP contribution is -2.34. The van der Waals surface area contributed by atoms with Crippen molar-refractivity contribution in [2.45, 2.75) is 33.0 Å². The van der Waals surface area contributed by atoms with Gasteiger partial charge in [0.1, 0.15) is 0 Å². The molecule has 0 saturated carbocycles. The smallest absolute Gasteiger partial charge is 0.308 e. The molecule has 2 rings (SSSR count). The highest BCUT2D eigenvalue weighted by Gasteiger charge is 2.19. The molecular weight excluding hydrogens is 330 g/mol. The molecule has 5 heteroatoms. The van der Waals surface area contributed by atoms with Gasteiger partial charge >= 0.3 is 5.97 Å². The number of hydrogen-bond donors (Lipinski definition) is 2. The van der Waals surface area contributed by atoms with Crippen LogP contribution in [-0.4, -0.2) is 29.6 Å².